The molecule has 0 aliphatic rings. The summed E-state index contributed by atoms with van der Waals surface area (Å²) in [6, 6.07) is 10.2. The predicted octanol–water partition coefficient (Wildman–Crippen LogP) is 3.39. The molecular weight excluding hydrogens is 243 g/mol. The quantitative estimate of drug-likeness (QED) is 0.724. The molecule has 1 heterocycles. The van der Waals surface area contributed by atoms with Crippen molar-refractivity contribution in [1.29, 1.82) is 0 Å². The highest BCUT2D eigenvalue weighted by Crippen LogP contribution is 2.28. The summed E-state index contributed by atoms with van der Waals surface area (Å²) in [5.41, 5.74) is 2.74. The number of aromatic nitrogens is 2. The smallest absolute Gasteiger partial charge is 0.151 e. The van der Waals surface area contributed by atoms with Gasteiger partial charge >= 0.3 is 0 Å². The molecule has 0 fully saturated rings. The van der Waals surface area contributed by atoms with E-state index < -0.39 is 0 Å². The summed E-state index contributed by atoms with van der Waals surface area (Å²) in [6.07, 6.45) is 0. The molecule has 0 saturated carbocycles. The van der Waals surface area contributed by atoms with E-state index in [2.05, 4.69) is 4.98 Å². The van der Waals surface area contributed by atoms with Gasteiger partial charge in [0.15, 0.2) is 5.82 Å². The molecule has 0 aliphatic carbocycles. The molecule has 3 rings (SSSR count). The van der Waals surface area contributed by atoms with E-state index in [1.807, 2.05) is 30.7 Å². The fraction of sp³-hybridized carbons (Fsp3) is 0.133. The monoisotopic (exact) mass is 256 g/mol. The van der Waals surface area contributed by atoms with Crippen LogP contribution in [0.15, 0.2) is 36.4 Å². The topological polar surface area (TPSA) is 38.0 Å². The molecule has 3 nitrogen and oxygen atoms in total. The Morgan fingerprint density at radius 3 is 2.68 bits per heavy atom. The maximum absolute atomic E-state index is 13.7. The molecule has 0 aliphatic heterocycles. The summed E-state index contributed by atoms with van der Waals surface area (Å²) in [4.78, 5) is 4.36. The van der Waals surface area contributed by atoms with Gasteiger partial charge in [0.1, 0.15) is 17.1 Å². The van der Waals surface area contributed by atoms with Gasteiger partial charge in [-0.05, 0) is 42.8 Å². The highest BCUT2D eigenvalue weighted by atomic mass is 19.1. The first-order chi connectivity index (χ1) is 9.08. The first-order valence-electron chi connectivity index (χ1n) is 5.99. The van der Waals surface area contributed by atoms with Gasteiger partial charge in [0.2, 0.25) is 0 Å². The van der Waals surface area contributed by atoms with Crippen molar-refractivity contribution in [2.75, 3.05) is 0 Å². The lowest BCUT2D eigenvalue weighted by Crippen LogP contribution is -1.92. The third-order valence-corrected chi connectivity index (χ3v) is 3.32. The maximum atomic E-state index is 13.7. The molecule has 0 unspecified atom stereocenters. The lowest BCUT2D eigenvalue weighted by atomic mass is 10.1. The summed E-state index contributed by atoms with van der Waals surface area (Å²) in [5, 5.41) is 9.56. The van der Waals surface area contributed by atoms with Crippen LogP contribution < -0.4 is 0 Å². The van der Waals surface area contributed by atoms with Gasteiger partial charge in [0.05, 0.1) is 5.52 Å². The summed E-state index contributed by atoms with van der Waals surface area (Å²) in [6.45, 7) is 1.82. The number of fused-ring (bicyclic) bond motifs is 1. The van der Waals surface area contributed by atoms with Gasteiger partial charge in [0, 0.05) is 12.6 Å². The van der Waals surface area contributed by atoms with Crippen molar-refractivity contribution in [3.05, 3.63) is 47.8 Å². The van der Waals surface area contributed by atoms with E-state index in [0.29, 0.717) is 11.3 Å². The number of hydrogen-bond donors (Lipinski definition) is 1. The van der Waals surface area contributed by atoms with Gasteiger partial charge in [-0.15, -0.1) is 0 Å². The van der Waals surface area contributed by atoms with Crippen molar-refractivity contribution >= 4 is 11.0 Å². The number of phenols is 1. The zero-order valence-corrected chi connectivity index (χ0v) is 10.7. The van der Waals surface area contributed by atoms with E-state index in [4.69, 9.17) is 0 Å². The average Bonchev–Trinajstić information content (AvgIpc) is 2.72. The van der Waals surface area contributed by atoms with Crippen molar-refractivity contribution in [3.8, 4) is 17.1 Å². The fourth-order valence-electron chi connectivity index (χ4n) is 2.23. The number of para-hydroxylation sites is 1. The number of nitrogens with zero attached hydrogens (tertiary/aromatic N) is 2. The third-order valence-electron chi connectivity index (χ3n) is 3.32. The largest absolute Gasteiger partial charge is 0.508 e. The minimum Gasteiger partial charge on any atom is -0.508 e. The van der Waals surface area contributed by atoms with E-state index in [0.717, 1.165) is 16.6 Å². The van der Waals surface area contributed by atoms with Gasteiger partial charge in [-0.25, -0.2) is 9.37 Å². The van der Waals surface area contributed by atoms with Crippen LogP contribution in [-0.4, -0.2) is 14.7 Å². The molecule has 0 spiro atoms. The Labute approximate surface area is 109 Å². The Kier molecular flexibility index (Phi) is 2.52. The SMILES string of the molecule is Cc1cc(-c2nc3c(F)cccc3n2C)ccc1O. The Hall–Kier alpha value is -2.36. The standard InChI is InChI=1S/C15H13FN2O/c1-9-8-10(6-7-13(9)19)15-17-14-11(16)4-3-5-12(14)18(15)2/h3-8,19H,1-2H3. The molecule has 19 heavy (non-hydrogen) atoms. The molecule has 0 radical (unpaired) electrons. The van der Waals surface area contributed by atoms with E-state index >= 15 is 0 Å². The summed E-state index contributed by atoms with van der Waals surface area (Å²) in [7, 11) is 1.85. The molecule has 0 saturated heterocycles. The van der Waals surface area contributed by atoms with Gasteiger partial charge in [-0.1, -0.05) is 6.07 Å². The number of aromatic hydroxyl groups is 1. The number of aryl methyl sites for hydroxylation is 2. The van der Waals surface area contributed by atoms with E-state index in [1.165, 1.54) is 6.07 Å². The van der Waals surface area contributed by atoms with Crippen molar-refractivity contribution in [3.63, 3.8) is 0 Å². The normalized spacial score (nSPS) is 11.1. The molecule has 96 valence electrons. The number of rotatable bonds is 1. The third kappa shape index (κ3) is 1.76. The van der Waals surface area contributed by atoms with Gasteiger partial charge in [-0.3, -0.25) is 0 Å². The first kappa shape index (κ1) is 11.7. The second-order valence-corrected chi connectivity index (χ2v) is 4.60. The Bertz CT molecular complexity index is 777. The lowest BCUT2D eigenvalue weighted by Gasteiger charge is -2.04. The van der Waals surface area contributed by atoms with Crippen LogP contribution in [0.3, 0.4) is 0 Å². The number of phenolic OH excluding ortho intramolecular Hbond substituents is 1. The van der Waals surface area contributed by atoms with Crippen molar-refractivity contribution in [2.45, 2.75) is 6.92 Å². The van der Waals surface area contributed by atoms with Crippen molar-refractivity contribution < 1.29 is 9.50 Å². The molecule has 1 aromatic heterocycles. The van der Waals surface area contributed by atoms with Gasteiger partial charge < -0.3 is 9.67 Å². The lowest BCUT2D eigenvalue weighted by molar-refractivity contribution is 0.471. The fourth-order valence-corrected chi connectivity index (χ4v) is 2.23. The van der Waals surface area contributed by atoms with Crippen LogP contribution in [-0.2, 0) is 7.05 Å². The van der Waals surface area contributed by atoms with Gasteiger partial charge in [-0.2, -0.15) is 0 Å². The minimum absolute atomic E-state index is 0.244. The van der Waals surface area contributed by atoms with Crippen LogP contribution in [0.1, 0.15) is 5.56 Å². The molecule has 3 aromatic rings. The van der Waals surface area contributed by atoms with Crippen LogP contribution in [0.5, 0.6) is 5.75 Å². The predicted molar refractivity (Wildman–Crippen MR) is 72.5 cm³/mol. The van der Waals surface area contributed by atoms with Crippen LogP contribution in [0.25, 0.3) is 22.4 Å². The highest BCUT2D eigenvalue weighted by Gasteiger charge is 2.13. The second kappa shape index (κ2) is 4.09. The Morgan fingerprint density at radius 1 is 1.21 bits per heavy atom. The maximum Gasteiger partial charge on any atom is 0.151 e. The molecule has 2 aromatic carbocycles. The molecule has 0 atom stereocenters. The average molecular weight is 256 g/mol. The number of halogens is 1. The number of hydrogen-bond acceptors (Lipinski definition) is 2. The van der Waals surface area contributed by atoms with Crippen LogP contribution in [0, 0.1) is 12.7 Å². The van der Waals surface area contributed by atoms with Crippen LogP contribution in [0.2, 0.25) is 0 Å². The van der Waals surface area contributed by atoms with E-state index in [9.17, 15) is 9.50 Å². The van der Waals surface area contributed by atoms with Crippen molar-refractivity contribution in [2.24, 2.45) is 7.05 Å². The van der Waals surface area contributed by atoms with Crippen LogP contribution in [0.4, 0.5) is 4.39 Å². The molecule has 4 heteroatoms. The first-order valence-corrected chi connectivity index (χ1v) is 5.99. The zero-order chi connectivity index (χ0) is 13.6. The van der Waals surface area contributed by atoms with E-state index in [1.54, 1.807) is 18.2 Å². The summed E-state index contributed by atoms with van der Waals surface area (Å²) in [5.74, 6) is 0.603. The Balaban J connectivity index is 2.28. The Morgan fingerprint density at radius 2 is 2.00 bits per heavy atom. The minimum atomic E-state index is -0.324. The van der Waals surface area contributed by atoms with E-state index in [-0.39, 0.29) is 11.6 Å². The summed E-state index contributed by atoms with van der Waals surface area (Å²) >= 11 is 0. The van der Waals surface area contributed by atoms with Crippen molar-refractivity contribution in [1.82, 2.24) is 9.55 Å². The second-order valence-electron chi connectivity index (χ2n) is 4.60. The number of benzene rings is 2. The van der Waals surface area contributed by atoms with Gasteiger partial charge in [0.25, 0.3) is 0 Å². The molecule has 0 amide bonds. The highest BCUT2D eigenvalue weighted by molar-refractivity contribution is 5.81. The summed E-state index contributed by atoms with van der Waals surface area (Å²) < 4.78 is 15.6. The van der Waals surface area contributed by atoms with Crippen LogP contribution >= 0.6 is 0 Å². The molecule has 1 N–H and O–H groups in total. The number of imidazole rings is 1. The molecular formula is C15H13FN2O. The molecule has 0 bridgehead atoms. The zero-order valence-electron chi connectivity index (χ0n) is 10.7.